The molecule has 0 heterocycles. The van der Waals surface area contributed by atoms with Gasteiger partial charge in [0.05, 0.1) is 0 Å². The predicted molar refractivity (Wildman–Crippen MR) is 122 cm³/mol. The Bertz CT molecular complexity index is 1150. The summed E-state index contributed by atoms with van der Waals surface area (Å²) in [6.45, 7) is 3.56. The summed E-state index contributed by atoms with van der Waals surface area (Å²) in [7, 11) is 0. The Kier molecular flexibility index (Phi) is 6.13. The van der Waals surface area contributed by atoms with E-state index in [2.05, 4.69) is 18.2 Å². The first kappa shape index (κ1) is 21.2. The van der Waals surface area contributed by atoms with Gasteiger partial charge < -0.3 is 0 Å². The van der Waals surface area contributed by atoms with Crippen molar-refractivity contribution in [3.63, 3.8) is 0 Å². The summed E-state index contributed by atoms with van der Waals surface area (Å²) in [5, 5.41) is 0. The third-order valence-corrected chi connectivity index (χ3v) is 6.04. The van der Waals surface area contributed by atoms with E-state index in [1.165, 1.54) is 6.92 Å². The van der Waals surface area contributed by atoms with Gasteiger partial charge in [0.25, 0.3) is 0 Å². The van der Waals surface area contributed by atoms with Crippen LogP contribution in [0.15, 0.2) is 72.8 Å². The van der Waals surface area contributed by atoms with E-state index in [4.69, 9.17) is 0 Å². The highest BCUT2D eigenvalue weighted by Gasteiger charge is 2.17. The van der Waals surface area contributed by atoms with Crippen LogP contribution >= 0.6 is 0 Å². The average molecular weight is 419 g/mol. The fraction of sp³-hybridized carbons (Fsp3) is 0.214. The van der Waals surface area contributed by atoms with E-state index in [0.717, 1.165) is 36.0 Å². The number of halogens is 3. The van der Waals surface area contributed by atoms with E-state index < -0.39 is 11.6 Å². The quantitative estimate of drug-likeness (QED) is 0.373. The molecule has 0 bridgehead atoms. The standard InChI is InChI=1S/C28H25F3/c1-3-4-19-6-8-21(9-7-19)24-16-14-23(17-26(24)29)20-10-12-22(13-11-20)25-15-5-18(2)27(30)28(25)31/h3-5,8,10-17,19H,6-7,9H2,1-2H3/b4-3+. The second-order valence-corrected chi connectivity index (χ2v) is 8.12. The van der Waals surface area contributed by atoms with Gasteiger partial charge in [-0.25, -0.2) is 13.2 Å². The summed E-state index contributed by atoms with van der Waals surface area (Å²) in [4.78, 5) is 0. The minimum Gasteiger partial charge on any atom is -0.206 e. The Morgan fingerprint density at radius 1 is 0.806 bits per heavy atom. The summed E-state index contributed by atoms with van der Waals surface area (Å²) in [6, 6.07) is 15.5. The Labute approximate surface area is 181 Å². The maximum Gasteiger partial charge on any atom is 0.166 e. The molecule has 3 aromatic carbocycles. The molecule has 0 fully saturated rings. The van der Waals surface area contributed by atoms with Crippen LogP contribution in [0, 0.1) is 30.3 Å². The molecule has 0 aliphatic heterocycles. The van der Waals surface area contributed by atoms with Gasteiger partial charge >= 0.3 is 0 Å². The van der Waals surface area contributed by atoms with Crippen molar-refractivity contribution in [2.24, 2.45) is 5.92 Å². The van der Waals surface area contributed by atoms with E-state index in [9.17, 15) is 13.2 Å². The van der Waals surface area contributed by atoms with Crippen LogP contribution < -0.4 is 0 Å². The second kappa shape index (κ2) is 8.97. The molecule has 4 rings (SSSR count). The van der Waals surface area contributed by atoms with E-state index in [-0.39, 0.29) is 16.9 Å². The largest absolute Gasteiger partial charge is 0.206 e. The smallest absolute Gasteiger partial charge is 0.166 e. The third-order valence-electron chi connectivity index (χ3n) is 6.04. The second-order valence-electron chi connectivity index (χ2n) is 8.12. The normalized spacial score (nSPS) is 16.5. The van der Waals surface area contributed by atoms with Crippen molar-refractivity contribution in [2.45, 2.75) is 33.1 Å². The molecule has 3 heteroatoms. The van der Waals surface area contributed by atoms with E-state index in [1.54, 1.807) is 30.3 Å². The summed E-state index contributed by atoms with van der Waals surface area (Å²) in [6.07, 6.45) is 9.30. The third kappa shape index (κ3) is 4.36. The number of allylic oxidation sites excluding steroid dienone is 4. The molecule has 31 heavy (non-hydrogen) atoms. The van der Waals surface area contributed by atoms with E-state index in [0.29, 0.717) is 17.0 Å². The summed E-state index contributed by atoms with van der Waals surface area (Å²) in [5.41, 5.74) is 4.39. The summed E-state index contributed by atoms with van der Waals surface area (Å²) in [5.74, 6) is -1.36. The minimum absolute atomic E-state index is 0.219. The average Bonchev–Trinajstić information content (AvgIpc) is 2.79. The van der Waals surface area contributed by atoms with Crippen molar-refractivity contribution < 1.29 is 13.2 Å². The van der Waals surface area contributed by atoms with Crippen molar-refractivity contribution in [3.8, 4) is 22.3 Å². The molecule has 0 nitrogen and oxygen atoms in total. The lowest BCUT2D eigenvalue weighted by Crippen LogP contribution is -2.03. The van der Waals surface area contributed by atoms with Crippen LogP contribution in [0.2, 0.25) is 0 Å². The van der Waals surface area contributed by atoms with Gasteiger partial charge in [0, 0.05) is 11.1 Å². The first-order valence-corrected chi connectivity index (χ1v) is 10.6. The lowest BCUT2D eigenvalue weighted by atomic mass is 9.86. The van der Waals surface area contributed by atoms with Crippen LogP contribution in [0.4, 0.5) is 13.2 Å². The Balaban J connectivity index is 1.57. The van der Waals surface area contributed by atoms with Gasteiger partial charge in [0.15, 0.2) is 11.6 Å². The van der Waals surface area contributed by atoms with Crippen molar-refractivity contribution in [3.05, 3.63) is 101 Å². The van der Waals surface area contributed by atoms with Crippen molar-refractivity contribution >= 4 is 5.57 Å². The molecule has 0 saturated carbocycles. The lowest BCUT2D eigenvalue weighted by Gasteiger charge is -2.20. The van der Waals surface area contributed by atoms with Crippen LogP contribution in [-0.4, -0.2) is 0 Å². The predicted octanol–water partition coefficient (Wildman–Crippen LogP) is 8.51. The lowest BCUT2D eigenvalue weighted by molar-refractivity contribution is 0.505. The topological polar surface area (TPSA) is 0 Å². The molecular weight excluding hydrogens is 393 g/mol. The first-order valence-electron chi connectivity index (χ1n) is 10.6. The van der Waals surface area contributed by atoms with Gasteiger partial charge in [-0.05, 0) is 72.9 Å². The Morgan fingerprint density at radius 2 is 1.48 bits per heavy atom. The maximum atomic E-state index is 14.9. The van der Waals surface area contributed by atoms with Gasteiger partial charge in [-0.3, -0.25) is 0 Å². The molecule has 0 aromatic heterocycles. The first-order chi connectivity index (χ1) is 15.0. The molecule has 0 N–H and O–H groups in total. The van der Waals surface area contributed by atoms with E-state index >= 15 is 0 Å². The van der Waals surface area contributed by atoms with Crippen LogP contribution in [0.3, 0.4) is 0 Å². The molecule has 1 aliphatic rings. The highest BCUT2D eigenvalue weighted by atomic mass is 19.2. The highest BCUT2D eigenvalue weighted by molar-refractivity contribution is 5.74. The molecule has 0 spiro atoms. The van der Waals surface area contributed by atoms with E-state index in [1.807, 2.05) is 31.2 Å². The van der Waals surface area contributed by atoms with Crippen molar-refractivity contribution in [2.75, 3.05) is 0 Å². The van der Waals surface area contributed by atoms with Crippen molar-refractivity contribution in [1.82, 2.24) is 0 Å². The molecule has 3 aromatic rings. The van der Waals surface area contributed by atoms with Crippen LogP contribution in [-0.2, 0) is 0 Å². The zero-order valence-corrected chi connectivity index (χ0v) is 17.8. The number of aryl methyl sites for hydroxylation is 1. The van der Waals surface area contributed by atoms with Crippen LogP contribution in [0.25, 0.3) is 27.8 Å². The van der Waals surface area contributed by atoms with Gasteiger partial charge in [0.2, 0.25) is 0 Å². The van der Waals surface area contributed by atoms with Gasteiger partial charge in [-0.15, -0.1) is 0 Å². The Hall–Kier alpha value is -3.07. The van der Waals surface area contributed by atoms with Crippen LogP contribution in [0.1, 0.15) is 37.3 Å². The molecule has 0 saturated heterocycles. The number of hydrogen-bond acceptors (Lipinski definition) is 0. The SMILES string of the molecule is C/C=C/C1CC=C(c2ccc(-c3ccc(-c4ccc(C)c(F)c4F)cc3)cc2F)CC1. The monoisotopic (exact) mass is 418 g/mol. The number of hydrogen-bond donors (Lipinski definition) is 0. The summed E-state index contributed by atoms with van der Waals surface area (Å²) < 4.78 is 43.1. The Morgan fingerprint density at radius 3 is 2.13 bits per heavy atom. The van der Waals surface area contributed by atoms with Crippen LogP contribution in [0.5, 0.6) is 0 Å². The van der Waals surface area contributed by atoms with Gasteiger partial charge in [-0.1, -0.05) is 66.8 Å². The number of benzene rings is 3. The highest BCUT2D eigenvalue weighted by Crippen LogP contribution is 2.34. The zero-order chi connectivity index (χ0) is 22.0. The molecule has 0 radical (unpaired) electrons. The fourth-order valence-electron chi connectivity index (χ4n) is 4.21. The van der Waals surface area contributed by atoms with Gasteiger partial charge in [0.1, 0.15) is 5.82 Å². The molecule has 1 aliphatic carbocycles. The van der Waals surface area contributed by atoms with Gasteiger partial charge in [-0.2, -0.15) is 0 Å². The molecule has 1 atom stereocenters. The molecule has 158 valence electrons. The fourth-order valence-corrected chi connectivity index (χ4v) is 4.21. The maximum absolute atomic E-state index is 14.9. The minimum atomic E-state index is -0.847. The van der Waals surface area contributed by atoms with Crippen molar-refractivity contribution in [1.29, 1.82) is 0 Å². The number of rotatable bonds is 4. The molecule has 0 amide bonds. The molecule has 1 unspecified atom stereocenters. The summed E-state index contributed by atoms with van der Waals surface area (Å²) >= 11 is 0. The molecular formula is C28H25F3. The zero-order valence-electron chi connectivity index (χ0n) is 17.8.